The summed E-state index contributed by atoms with van der Waals surface area (Å²) in [6.45, 7) is 0. The van der Waals surface area contributed by atoms with E-state index >= 15 is 0 Å². The van der Waals surface area contributed by atoms with Gasteiger partial charge in [-0.3, -0.25) is 25.0 Å². The van der Waals surface area contributed by atoms with E-state index in [0.29, 0.717) is 22.8 Å². The molecule has 0 unspecified atom stereocenters. The highest BCUT2D eigenvalue weighted by Gasteiger charge is 2.21. The zero-order valence-corrected chi connectivity index (χ0v) is 23.1. The molecule has 1 N–H and O–H groups in total. The molecule has 14 nitrogen and oxygen atoms in total. The van der Waals surface area contributed by atoms with E-state index in [4.69, 9.17) is 18.9 Å². The predicted molar refractivity (Wildman–Crippen MR) is 148 cm³/mol. The summed E-state index contributed by atoms with van der Waals surface area (Å²) < 4.78 is 47.0. The molecule has 0 radical (unpaired) electrons. The summed E-state index contributed by atoms with van der Waals surface area (Å²) in [4.78, 5) is 33.5. The molecule has 0 heterocycles. The van der Waals surface area contributed by atoms with Crippen LogP contribution in [0.3, 0.4) is 0 Å². The van der Waals surface area contributed by atoms with E-state index in [1.165, 1.54) is 52.7 Å². The number of amides is 1. The van der Waals surface area contributed by atoms with Crippen LogP contribution in [0.2, 0.25) is 0 Å². The highest BCUT2D eigenvalue weighted by Crippen LogP contribution is 2.35. The number of methoxy groups -OCH3 is 4. The van der Waals surface area contributed by atoms with Crippen molar-refractivity contribution in [1.29, 1.82) is 0 Å². The van der Waals surface area contributed by atoms with Crippen molar-refractivity contribution in [2.45, 2.75) is 5.75 Å². The van der Waals surface area contributed by atoms with Crippen molar-refractivity contribution in [3.63, 3.8) is 0 Å². The molecule has 0 saturated heterocycles. The van der Waals surface area contributed by atoms with Gasteiger partial charge in [0.1, 0.15) is 23.0 Å². The number of nitro groups is 2. The SMILES string of the molecule is COc1cc(OC)c(/C=C/S(=O)(=O)Cc2ccc(OC)c(NC(=O)c3cc([N+](=O)[O-])cc([N+](=O)[O-])c3)c2)c(OC)c1. The molecule has 0 aliphatic carbocycles. The summed E-state index contributed by atoms with van der Waals surface area (Å²) in [6.07, 6.45) is 1.33. The molecule has 0 aliphatic heterocycles. The van der Waals surface area contributed by atoms with Crippen LogP contribution < -0.4 is 24.3 Å². The monoisotopic (exact) mass is 587 g/mol. The number of ether oxygens (including phenoxy) is 4. The van der Waals surface area contributed by atoms with Gasteiger partial charge in [0.05, 0.1) is 66.9 Å². The first-order valence-electron chi connectivity index (χ1n) is 11.5. The van der Waals surface area contributed by atoms with E-state index in [1.807, 2.05) is 0 Å². The van der Waals surface area contributed by atoms with Gasteiger partial charge in [0.2, 0.25) is 0 Å². The van der Waals surface area contributed by atoms with Crippen LogP contribution in [0.4, 0.5) is 17.1 Å². The average molecular weight is 588 g/mol. The second-order valence-electron chi connectivity index (χ2n) is 8.30. The maximum absolute atomic E-state index is 13.0. The van der Waals surface area contributed by atoms with E-state index in [1.54, 1.807) is 12.1 Å². The van der Waals surface area contributed by atoms with Gasteiger partial charge < -0.3 is 24.3 Å². The van der Waals surface area contributed by atoms with Crippen molar-refractivity contribution in [3.8, 4) is 23.0 Å². The highest BCUT2D eigenvalue weighted by molar-refractivity contribution is 7.93. The van der Waals surface area contributed by atoms with Gasteiger partial charge in [-0.2, -0.15) is 0 Å². The molecule has 15 heteroatoms. The van der Waals surface area contributed by atoms with Crippen LogP contribution in [0.5, 0.6) is 23.0 Å². The minimum Gasteiger partial charge on any atom is -0.496 e. The Bertz CT molecular complexity index is 1580. The first-order chi connectivity index (χ1) is 19.4. The molecule has 1 amide bonds. The summed E-state index contributed by atoms with van der Waals surface area (Å²) in [5.74, 6) is -0.131. The number of carbonyl (C=O) groups excluding carboxylic acids is 1. The van der Waals surface area contributed by atoms with E-state index in [0.717, 1.165) is 23.6 Å². The molecule has 0 bridgehead atoms. The maximum atomic E-state index is 13.0. The fourth-order valence-electron chi connectivity index (χ4n) is 3.72. The third kappa shape index (κ3) is 7.48. The second kappa shape index (κ2) is 12.8. The number of nitrogens with one attached hydrogen (secondary N) is 1. The Morgan fingerprint density at radius 3 is 1.88 bits per heavy atom. The number of nitrogens with zero attached hydrogens (tertiary/aromatic N) is 2. The minimum atomic E-state index is -3.87. The van der Waals surface area contributed by atoms with E-state index in [9.17, 15) is 33.4 Å². The molecule has 3 aromatic rings. The number of nitro benzene ring substituents is 2. The Morgan fingerprint density at radius 2 is 1.39 bits per heavy atom. The molecule has 3 rings (SSSR count). The fraction of sp³-hybridized carbons (Fsp3) is 0.192. The van der Waals surface area contributed by atoms with Crippen molar-refractivity contribution in [3.05, 3.63) is 90.9 Å². The molecular weight excluding hydrogens is 562 g/mol. The lowest BCUT2D eigenvalue weighted by Gasteiger charge is -2.13. The van der Waals surface area contributed by atoms with Crippen molar-refractivity contribution >= 4 is 38.9 Å². The molecule has 0 saturated carbocycles. The zero-order valence-electron chi connectivity index (χ0n) is 22.3. The van der Waals surface area contributed by atoms with Crippen LogP contribution in [0.15, 0.2) is 53.9 Å². The lowest BCUT2D eigenvalue weighted by molar-refractivity contribution is -0.394. The summed E-state index contributed by atoms with van der Waals surface area (Å²) in [6, 6.07) is 9.90. The standard InChI is InChI=1S/C26H25N3O11S/c1-37-20-13-24(39-3)21(25(14-20)40-4)7-8-41(35,36)15-16-5-6-23(38-2)22(9-16)27-26(30)17-10-18(28(31)32)12-19(11-17)29(33)34/h5-14H,15H2,1-4H3,(H,27,30)/b8-7+. The van der Waals surface area contributed by atoms with Gasteiger partial charge in [0.25, 0.3) is 17.3 Å². The summed E-state index contributed by atoms with van der Waals surface area (Å²) >= 11 is 0. The number of hydrogen-bond acceptors (Lipinski definition) is 11. The van der Waals surface area contributed by atoms with Gasteiger partial charge in [0.15, 0.2) is 9.84 Å². The molecule has 216 valence electrons. The largest absolute Gasteiger partial charge is 0.496 e. The lowest BCUT2D eigenvalue weighted by atomic mass is 10.1. The molecule has 0 spiro atoms. The molecule has 41 heavy (non-hydrogen) atoms. The van der Waals surface area contributed by atoms with Crippen LogP contribution in [0.1, 0.15) is 21.5 Å². The van der Waals surface area contributed by atoms with Gasteiger partial charge >= 0.3 is 0 Å². The topological polar surface area (TPSA) is 186 Å². The third-order valence-electron chi connectivity index (χ3n) is 5.66. The summed E-state index contributed by atoms with van der Waals surface area (Å²) in [7, 11) is 1.74. The quantitative estimate of drug-likeness (QED) is 0.234. The third-order valence-corrected chi connectivity index (χ3v) is 6.95. The Kier molecular flexibility index (Phi) is 9.47. The highest BCUT2D eigenvalue weighted by atomic mass is 32.2. The zero-order chi connectivity index (χ0) is 30.3. The minimum absolute atomic E-state index is 0.0434. The fourth-order valence-corrected chi connectivity index (χ4v) is 4.81. The summed E-state index contributed by atoms with van der Waals surface area (Å²) in [5.41, 5.74) is -0.961. The number of hydrogen-bond donors (Lipinski definition) is 1. The van der Waals surface area contributed by atoms with Crippen LogP contribution in [-0.4, -0.2) is 52.6 Å². The predicted octanol–water partition coefficient (Wildman–Crippen LogP) is 4.38. The number of non-ortho nitro benzene ring substituents is 2. The smallest absolute Gasteiger partial charge is 0.277 e. The van der Waals surface area contributed by atoms with Crippen LogP contribution >= 0.6 is 0 Å². The van der Waals surface area contributed by atoms with Crippen molar-refractivity contribution in [2.75, 3.05) is 33.8 Å². The number of sulfone groups is 1. The average Bonchev–Trinajstić information content (AvgIpc) is 2.95. The van der Waals surface area contributed by atoms with Crippen LogP contribution in [0, 0.1) is 20.2 Å². The summed E-state index contributed by atoms with van der Waals surface area (Å²) in [5, 5.41) is 25.8. The molecule has 0 atom stereocenters. The molecule has 3 aromatic carbocycles. The van der Waals surface area contributed by atoms with Crippen LogP contribution in [-0.2, 0) is 15.6 Å². The Hall–Kier alpha value is -5.18. The van der Waals surface area contributed by atoms with Crippen LogP contribution in [0.25, 0.3) is 6.08 Å². The Balaban J connectivity index is 1.90. The molecular formula is C26H25N3O11S. The second-order valence-corrected chi connectivity index (χ2v) is 10.2. The number of carbonyl (C=O) groups is 1. The molecule has 0 fully saturated rings. The molecule has 0 aromatic heterocycles. The Morgan fingerprint density at radius 1 is 0.829 bits per heavy atom. The number of rotatable bonds is 12. The number of anilines is 1. The first-order valence-corrected chi connectivity index (χ1v) is 13.3. The van der Waals surface area contributed by atoms with Gasteiger partial charge in [-0.25, -0.2) is 8.42 Å². The van der Waals surface area contributed by atoms with Crippen molar-refractivity contribution in [2.24, 2.45) is 0 Å². The van der Waals surface area contributed by atoms with Crippen molar-refractivity contribution < 1.29 is 42.0 Å². The van der Waals surface area contributed by atoms with Gasteiger partial charge in [0, 0.05) is 29.7 Å². The normalized spacial score (nSPS) is 11.1. The first kappa shape index (κ1) is 30.4. The number of benzene rings is 3. The lowest BCUT2D eigenvalue weighted by Crippen LogP contribution is -2.14. The Labute approximate surface area is 234 Å². The van der Waals surface area contributed by atoms with E-state index in [2.05, 4.69) is 5.32 Å². The van der Waals surface area contributed by atoms with E-state index < -0.39 is 42.7 Å². The van der Waals surface area contributed by atoms with Gasteiger partial charge in [-0.05, 0) is 23.8 Å². The van der Waals surface area contributed by atoms with E-state index in [-0.39, 0.29) is 22.6 Å². The van der Waals surface area contributed by atoms with Gasteiger partial charge in [-0.1, -0.05) is 6.07 Å². The molecule has 0 aliphatic rings. The van der Waals surface area contributed by atoms with Crippen molar-refractivity contribution in [1.82, 2.24) is 0 Å². The maximum Gasteiger partial charge on any atom is 0.277 e. The van der Waals surface area contributed by atoms with Gasteiger partial charge in [-0.15, -0.1) is 0 Å².